The van der Waals surface area contributed by atoms with Gasteiger partial charge in [-0.3, -0.25) is 9.59 Å². The van der Waals surface area contributed by atoms with Gasteiger partial charge in [0.15, 0.2) is 0 Å². The summed E-state index contributed by atoms with van der Waals surface area (Å²) in [5.41, 5.74) is 1.23. The maximum Gasteiger partial charge on any atom is 0.311 e. The lowest BCUT2D eigenvalue weighted by atomic mass is 9.87. The lowest BCUT2D eigenvalue weighted by Crippen LogP contribution is -2.13. The van der Waals surface area contributed by atoms with E-state index in [1.165, 1.54) is 56.9 Å². The van der Waals surface area contributed by atoms with Gasteiger partial charge in [-0.15, -0.1) is 0 Å². The molecule has 0 atom stereocenters. The second-order valence-corrected chi connectivity index (χ2v) is 9.15. The highest BCUT2D eigenvalue weighted by Gasteiger charge is 2.14. The molecule has 0 aromatic heterocycles. The molecule has 0 amide bonds. The standard InChI is InChI=1S/C26H42O4/c1-5-6-7-8-9-10-11-12-13-14-21-29-24(27)19-20-25(28)30-23-17-15-22(16-18-23)26(2,3)4/h15-18H,5-14,19-21H2,1-4H3. The average molecular weight is 419 g/mol. The highest BCUT2D eigenvalue weighted by atomic mass is 16.5. The lowest BCUT2D eigenvalue weighted by molar-refractivity contribution is -0.147. The molecule has 0 heterocycles. The molecule has 1 aromatic rings. The van der Waals surface area contributed by atoms with E-state index in [4.69, 9.17) is 9.47 Å². The monoisotopic (exact) mass is 418 g/mol. The number of carbonyl (C=O) groups is 2. The largest absolute Gasteiger partial charge is 0.466 e. The SMILES string of the molecule is CCCCCCCCCCCCOC(=O)CCC(=O)Oc1ccc(C(C)(C)C)cc1. The molecule has 1 aromatic carbocycles. The summed E-state index contributed by atoms with van der Waals surface area (Å²) in [6, 6.07) is 7.51. The summed E-state index contributed by atoms with van der Waals surface area (Å²) in [5, 5.41) is 0. The van der Waals surface area contributed by atoms with E-state index in [0.29, 0.717) is 12.4 Å². The molecular formula is C26H42O4. The molecule has 0 spiro atoms. The fraction of sp³-hybridized carbons (Fsp3) is 0.692. The summed E-state index contributed by atoms with van der Waals surface area (Å²) in [6.07, 6.45) is 12.6. The first-order valence-electron chi connectivity index (χ1n) is 11.8. The van der Waals surface area contributed by atoms with Gasteiger partial charge in [0.05, 0.1) is 19.4 Å². The Bertz CT molecular complexity index is 598. The quantitative estimate of drug-likeness (QED) is 0.173. The molecule has 0 aliphatic rings. The minimum atomic E-state index is -0.408. The van der Waals surface area contributed by atoms with Crippen LogP contribution < -0.4 is 4.74 Å². The maximum absolute atomic E-state index is 11.9. The molecule has 0 fully saturated rings. The molecule has 0 radical (unpaired) electrons. The van der Waals surface area contributed by atoms with Crippen LogP contribution in [0.3, 0.4) is 0 Å². The van der Waals surface area contributed by atoms with Gasteiger partial charge in [-0.1, -0.05) is 97.6 Å². The van der Waals surface area contributed by atoms with E-state index in [0.717, 1.165) is 12.8 Å². The minimum Gasteiger partial charge on any atom is -0.466 e. The van der Waals surface area contributed by atoms with Crippen molar-refractivity contribution in [3.8, 4) is 5.75 Å². The van der Waals surface area contributed by atoms with Crippen LogP contribution in [-0.2, 0) is 19.7 Å². The summed E-state index contributed by atoms with van der Waals surface area (Å²) >= 11 is 0. The molecule has 4 heteroatoms. The summed E-state index contributed by atoms with van der Waals surface area (Å²) in [7, 11) is 0. The fourth-order valence-electron chi connectivity index (χ4n) is 3.26. The van der Waals surface area contributed by atoms with Crippen LogP contribution >= 0.6 is 0 Å². The van der Waals surface area contributed by atoms with Crippen molar-refractivity contribution in [2.24, 2.45) is 0 Å². The molecule has 1 rings (SSSR count). The molecule has 0 saturated carbocycles. The van der Waals surface area contributed by atoms with Gasteiger partial charge in [-0.2, -0.15) is 0 Å². The first-order chi connectivity index (χ1) is 14.3. The Morgan fingerprint density at radius 3 is 1.77 bits per heavy atom. The zero-order valence-corrected chi connectivity index (χ0v) is 19.6. The van der Waals surface area contributed by atoms with Crippen LogP contribution in [0.2, 0.25) is 0 Å². The van der Waals surface area contributed by atoms with Gasteiger partial charge in [0.2, 0.25) is 0 Å². The Hall–Kier alpha value is -1.84. The number of rotatable bonds is 15. The summed E-state index contributed by atoms with van der Waals surface area (Å²) < 4.78 is 10.5. The smallest absolute Gasteiger partial charge is 0.311 e. The predicted molar refractivity (Wildman–Crippen MR) is 123 cm³/mol. The highest BCUT2D eigenvalue weighted by molar-refractivity contribution is 5.79. The van der Waals surface area contributed by atoms with Crippen molar-refractivity contribution in [3.63, 3.8) is 0 Å². The van der Waals surface area contributed by atoms with Crippen molar-refractivity contribution in [3.05, 3.63) is 29.8 Å². The zero-order chi connectivity index (χ0) is 22.2. The Morgan fingerprint density at radius 1 is 0.733 bits per heavy atom. The first kappa shape index (κ1) is 26.2. The number of hydrogen-bond donors (Lipinski definition) is 0. The molecular weight excluding hydrogens is 376 g/mol. The minimum absolute atomic E-state index is 0.0396. The van der Waals surface area contributed by atoms with Gasteiger partial charge in [0, 0.05) is 0 Å². The van der Waals surface area contributed by atoms with E-state index in [2.05, 4.69) is 27.7 Å². The topological polar surface area (TPSA) is 52.6 Å². The van der Waals surface area contributed by atoms with Crippen LogP contribution in [0, 0.1) is 0 Å². The zero-order valence-electron chi connectivity index (χ0n) is 19.6. The van der Waals surface area contributed by atoms with Crippen molar-refractivity contribution in [2.75, 3.05) is 6.61 Å². The molecule has 0 saturated heterocycles. The lowest BCUT2D eigenvalue weighted by Gasteiger charge is -2.18. The Morgan fingerprint density at radius 2 is 1.23 bits per heavy atom. The van der Waals surface area contributed by atoms with Gasteiger partial charge in [-0.25, -0.2) is 0 Å². The summed E-state index contributed by atoms with van der Waals surface area (Å²) in [6.45, 7) is 9.09. The van der Waals surface area contributed by atoms with Crippen molar-refractivity contribution in [1.29, 1.82) is 0 Å². The van der Waals surface area contributed by atoms with Gasteiger partial charge in [0.1, 0.15) is 5.75 Å². The second-order valence-electron chi connectivity index (χ2n) is 9.15. The third-order valence-electron chi connectivity index (χ3n) is 5.25. The third kappa shape index (κ3) is 12.7. The fourth-order valence-corrected chi connectivity index (χ4v) is 3.26. The molecule has 0 aliphatic heterocycles. The van der Waals surface area contributed by atoms with E-state index >= 15 is 0 Å². The van der Waals surface area contributed by atoms with E-state index in [9.17, 15) is 9.59 Å². The third-order valence-corrected chi connectivity index (χ3v) is 5.25. The van der Waals surface area contributed by atoms with Gasteiger partial charge < -0.3 is 9.47 Å². The van der Waals surface area contributed by atoms with E-state index in [-0.39, 0.29) is 24.2 Å². The van der Waals surface area contributed by atoms with E-state index in [1.54, 1.807) is 12.1 Å². The first-order valence-corrected chi connectivity index (χ1v) is 11.8. The van der Waals surface area contributed by atoms with Crippen LogP contribution in [0.1, 0.15) is 110 Å². The maximum atomic E-state index is 11.9. The average Bonchev–Trinajstić information content (AvgIpc) is 2.70. The molecule has 0 N–H and O–H groups in total. The number of esters is 2. The van der Waals surface area contributed by atoms with Crippen molar-refractivity contribution in [1.82, 2.24) is 0 Å². The van der Waals surface area contributed by atoms with Crippen molar-refractivity contribution < 1.29 is 19.1 Å². The van der Waals surface area contributed by atoms with E-state index in [1.807, 2.05) is 12.1 Å². The number of benzene rings is 1. The molecule has 4 nitrogen and oxygen atoms in total. The summed E-state index contributed by atoms with van der Waals surface area (Å²) in [4.78, 5) is 23.7. The highest BCUT2D eigenvalue weighted by Crippen LogP contribution is 2.24. The predicted octanol–water partition coefficient (Wildman–Crippen LogP) is 7.13. The van der Waals surface area contributed by atoms with E-state index < -0.39 is 5.97 Å². The second kappa shape index (κ2) is 15.0. The molecule has 0 aliphatic carbocycles. The Labute approximate surface area is 183 Å². The number of unbranched alkanes of at least 4 members (excludes halogenated alkanes) is 9. The van der Waals surface area contributed by atoms with Crippen LogP contribution in [0.15, 0.2) is 24.3 Å². The molecule has 170 valence electrons. The van der Waals surface area contributed by atoms with Crippen molar-refractivity contribution >= 4 is 11.9 Å². The molecule has 0 bridgehead atoms. The van der Waals surface area contributed by atoms with Gasteiger partial charge in [0.25, 0.3) is 0 Å². The summed E-state index contributed by atoms with van der Waals surface area (Å²) in [5.74, 6) is -0.230. The van der Waals surface area contributed by atoms with Crippen LogP contribution in [0.5, 0.6) is 5.75 Å². The number of hydrogen-bond acceptors (Lipinski definition) is 4. The Balaban J connectivity index is 2.04. The Kier molecular flexibility index (Phi) is 13.1. The molecule has 0 unspecified atom stereocenters. The van der Waals surface area contributed by atoms with Gasteiger partial charge >= 0.3 is 11.9 Å². The van der Waals surface area contributed by atoms with Crippen LogP contribution in [0.4, 0.5) is 0 Å². The molecule has 30 heavy (non-hydrogen) atoms. The van der Waals surface area contributed by atoms with Gasteiger partial charge in [-0.05, 0) is 29.5 Å². The van der Waals surface area contributed by atoms with Crippen LogP contribution in [-0.4, -0.2) is 18.5 Å². The van der Waals surface area contributed by atoms with Crippen LogP contribution in [0.25, 0.3) is 0 Å². The normalized spacial score (nSPS) is 11.3. The van der Waals surface area contributed by atoms with Crippen molar-refractivity contribution in [2.45, 2.75) is 110 Å². The number of carbonyl (C=O) groups excluding carboxylic acids is 2. The number of ether oxygens (including phenoxy) is 2.